The molecule has 0 N–H and O–H groups in total. The lowest BCUT2D eigenvalue weighted by molar-refractivity contribution is -0.385. The van der Waals surface area contributed by atoms with Crippen molar-refractivity contribution in [1.29, 1.82) is 0 Å². The Bertz CT molecular complexity index is 952. The zero-order chi connectivity index (χ0) is 19.2. The van der Waals surface area contributed by atoms with Crippen LogP contribution in [0.2, 0.25) is 0 Å². The summed E-state index contributed by atoms with van der Waals surface area (Å²) in [6.07, 6.45) is 0. The fourth-order valence-electron chi connectivity index (χ4n) is 2.59. The number of carbonyl (C=O) groups is 1. The lowest BCUT2D eigenvalue weighted by Crippen LogP contribution is -2.12. The summed E-state index contributed by atoms with van der Waals surface area (Å²) >= 11 is 0. The first kappa shape index (κ1) is 18.1. The summed E-state index contributed by atoms with van der Waals surface area (Å²) in [4.78, 5) is 22.9. The van der Waals surface area contributed by atoms with Crippen LogP contribution in [0.4, 0.5) is 5.69 Å². The Morgan fingerprint density at radius 2 is 1.63 bits per heavy atom. The first-order valence-electron chi connectivity index (χ1n) is 8.22. The van der Waals surface area contributed by atoms with Crippen LogP contribution in [0.25, 0.3) is 11.1 Å². The maximum Gasteiger partial charge on any atom is 0.314 e. The van der Waals surface area contributed by atoms with Gasteiger partial charge in [-0.3, -0.25) is 14.9 Å². The predicted octanol–water partition coefficient (Wildman–Crippen LogP) is 4.53. The van der Waals surface area contributed by atoms with E-state index in [9.17, 15) is 14.9 Å². The number of nitro benzene ring substituents is 1. The quantitative estimate of drug-likeness (QED) is 0.350. The highest BCUT2D eigenvalue weighted by Gasteiger charge is 2.18. The Morgan fingerprint density at radius 3 is 2.26 bits per heavy atom. The van der Waals surface area contributed by atoms with Gasteiger partial charge in [0.2, 0.25) is 0 Å². The molecule has 6 nitrogen and oxygen atoms in total. The van der Waals surface area contributed by atoms with Crippen molar-refractivity contribution >= 4 is 11.5 Å². The highest BCUT2D eigenvalue weighted by molar-refractivity contribution is 5.97. The van der Waals surface area contributed by atoms with Gasteiger partial charge in [0.25, 0.3) is 0 Å². The number of ketones is 1. The van der Waals surface area contributed by atoms with E-state index in [1.165, 1.54) is 19.2 Å². The molecule has 0 atom stereocenters. The minimum atomic E-state index is -0.572. The molecule has 0 aliphatic rings. The van der Waals surface area contributed by atoms with Crippen molar-refractivity contribution in [2.24, 2.45) is 0 Å². The highest BCUT2D eigenvalue weighted by atomic mass is 16.6. The number of benzene rings is 3. The Morgan fingerprint density at radius 1 is 0.963 bits per heavy atom. The summed E-state index contributed by atoms with van der Waals surface area (Å²) in [5, 5.41) is 11.2. The lowest BCUT2D eigenvalue weighted by Gasteiger charge is -2.08. The molecule has 0 aromatic heterocycles. The smallest absolute Gasteiger partial charge is 0.314 e. The van der Waals surface area contributed by atoms with Crippen molar-refractivity contribution in [3.05, 3.63) is 88.5 Å². The molecule has 0 unspecified atom stereocenters. The summed E-state index contributed by atoms with van der Waals surface area (Å²) in [6, 6.07) is 21.2. The van der Waals surface area contributed by atoms with Crippen LogP contribution in [0.5, 0.6) is 11.5 Å². The summed E-state index contributed by atoms with van der Waals surface area (Å²) in [5.41, 5.74) is 2.29. The third-order valence-electron chi connectivity index (χ3n) is 4.04. The molecule has 0 radical (unpaired) electrons. The van der Waals surface area contributed by atoms with Gasteiger partial charge in [0.15, 0.2) is 18.1 Å². The predicted molar refractivity (Wildman–Crippen MR) is 101 cm³/mol. The topological polar surface area (TPSA) is 78.7 Å². The van der Waals surface area contributed by atoms with Gasteiger partial charge in [0.05, 0.1) is 18.1 Å². The maximum atomic E-state index is 12.4. The molecule has 0 bridgehead atoms. The van der Waals surface area contributed by atoms with E-state index >= 15 is 0 Å². The minimum Gasteiger partial charge on any atom is -0.496 e. The summed E-state index contributed by atoms with van der Waals surface area (Å²) in [5.74, 6) is 0.103. The van der Waals surface area contributed by atoms with Crippen LogP contribution in [0.3, 0.4) is 0 Å². The number of rotatable bonds is 7. The van der Waals surface area contributed by atoms with Gasteiger partial charge in [-0.2, -0.15) is 0 Å². The van der Waals surface area contributed by atoms with E-state index < -0.39 is 4.92 Å². The third kappa shape index (κ3) is 4.30. The monoisotopic (exact) mass is 363 g/mol. The van der Waals surface area contributed by atoms with Crippen LogP contribution in [0.1, 0.15) is 10.4 Å². The molecule has 3 aromatic rings. The van der Waals surface area contributed by atoms with E-state index in [4.69, 9.17) is 9.47 Å². The number of carbonyl (C=O) groups excluding carboxylic acids is 1. The van der Waals surface area contributed by atoms with Crippen molar-refractivity contribution in [2.45, 2.75) is 0 Å². The van der Waals surface area contributed by atoms with Gasteiger partial charge in [0, 0.05) is 5.56 Å². The molecule has 0 saturated heterocycles. The molecular formula is C21H17NO5. The second kappa shape index (κ2) is 8.14. The minimum absolute atomic E-state index is 0.0232. The highest BCUT2D eigenvalue weighted by Crippen LogP contribution is 2.31. The molecule has 27 heavy (non-hydrogen) atoms. The van der Waals surface area contributed by atoms with Crippen LogP contribution >= 0.6 is 0 Å². The summed E-state index contributed by atoms with van der Waals surface area (Å²) < 4.78 is 10.4. The number of nitro groups is 1. The average Bonchev–Trinajstić information content (AvgIpc) is 2.72. The van der Waals surface area contributed by atoms with Crippen LogP contribution in [0.15, 0.2) is 72.8 Å². The van der Waals surface area contributed by atoms with E-state index in [-0.39, 0.29) is 23.8 Å². The molecule has 3 aromatic carbocycles. The summed E-state index contributed by atoms with van der Waals surface area (Å²) in [7, 11) is 1.42. The van der Waals surface area contributed by atoms with Gasteiger partial charge in [0.1, 0.15) is 5.75 Å². The number of hydrogen-bond acceptors (Lipinski definition) is 5. The van der Waals surface area contributed by atoms with Crippen LogP contribution < -0.4 is 9.47 Å². The largest absolute Gasteiger partial charge is 0.496 e. The molecule has 0 amide bonds. The lowest BCUT2D eigenvalue weighted by atomic mass is 10.0. The fourth-order valence-corrected chi connectivity index (χ4v) is 2.59. The van der Waals surface area contributed by atoms with Crippen LogP contribution in [-0.2, 0) is 0 Å². The molecule has 0 spiro atoms. The van der Waals surface area contributed by atoms with Gasteiger partial charge in [-0.05, 0) is 23.3 Å². The molecule has 6 heteroatoms. The Labute approximate surface area is 156 Å². The van der Waals surface area contributed by atoms with E-state index in [0.29, 0.717) is 11.3 Å². The summed E-state index contributed by atoms with van der Waals surface area (Å²) in [6.45, 7) is -0.294. The molecule has 0 aliphatic carbocycles. The third-order valence-corrected chi connectivity index (χ3v) is 4.04. The van der Waals surface area contributed by atoms with Gasteiger partial charge in [-0.25, -0.2) is 0 Å². The number of ether oxygens (including phenoxy) is 2. The standard InChI is InChI=1S/C21H17NO5/c1-26-18-11-12-21(19(13-18)22(24)25)27-14-20(23)17-9-7-16(8-10-17)15-5-3-2-4-6-15/h2-13H,14H2,1H3. The normalized spacial score (nSPS) is 10.3. The van der Waals surface area contributed by atoms with Gasteiger partial charge >= 0.3 is 5.69 Å². The van der Waals surface area contributed by atoms with E-state index in [1.54, 1.807) is 18.2 Å². The average molecular weight is 363 g/mol. The van der Waals surface area contributed by atoms with Gasteiger partial charge < -0.3 is 9.47 Å². The SMILES string of the molecule is COc1ccc(OCC(=O)c2ccc(-c3ccccc3)cc2)c([N+](=O)[O-])c1. The molecule has 0 fully saturated rings. The molecule has 136 valence electrons. The molecule has 0 heterocycles. The van der Waals surface area contributed by atoms with Crippen LogP contribution in [-0.4, -0.2) is 24.4 Å². The Balaban J connectivity index is 1.70. The number of nitrogens with zero attached hydrogens (tertiary/aromatic N) is 1. The Hall–Kier alpha value is -3.67. The van der Waals surface area contributed by atoms with Crippen molar-refractivity contribution in [1.82, 2.24) is 0 Å². The second-order valence-electron chi connectivity index (χ2n) is 5.75. The first-order valence-corrected chi connectivity index (χ1v) is 8.22. The fraction of sp³-hybridized carbons (Fsp3) is 0.0952. The molecular weight excluding hydrogens is 346 g/mol. The van der Waals surface area contributed by atoms with E-state index in [0.717, 1.165) is 11.1 Å². The molecule has 0 saturated carbocycles. The van der Waals surface area contributed by atoms with E-state index in [2.05, 4.69) is 0 Å². The van der Waals surface area contributed by atoms with Crippen LogP contribution in [0, 0.1) is 10.1 Å². The number of hydrogen-bond donors (Lipinski definition) is 0. The molecule has 3 rings (SSSR count). The number of Topliss-reactive ketones (excluding diaryl/α,β-unsaturated/α-hetero) is 1. The van der Waals surface area contributed by atoms with Crippen molar-refractivity contribution in [3.63, 3.8) is 0 Å². The van der Waals surface area contributed by atoms with Gasteiger partial charge in [-0.1, -0.05) is 54.6 Å². The maximum absolute atomic E-state index is 12.4. The Kier molecular flexibility index (Phi) is 5.47. The number of methoxy groups -OCH3 is 1. The van der Waals surface area contributed by atoms with Crippen molar-refractivity contribution in [3.8, 4) is 22.6 Å². The molecule has 0 aliphatic heterocycles. The second-order valence-corrected chi connectivity index (χ2v) is 5.75. The van der Waals surface area contributed by atoms with Crippen molar-refractivity contribution < 1.29 is 19.2 Å². The van der Waals surface area contributed by atoms with Crippen molar-refractivity contribution in [2.75, 3.05) is 13.7 Å². The zero-order valence-electron chi connectivity index (χ0n) is 14.6. The van der Waals surface area contributed by atoms with E-state index in [1.807, 2.05) is 42.5 Å². The zero-order valence-corrected chi connectivity index (χ0v) is 14.6. The first-order chi connectivity index (χ1) is 13.1. The van der Waals surface area contributed by atoms with Gasteiger partial charge in [-0.15, -0.1) is 0 Å².